The van der Waals surface area contributed by atoms with Gasteiger partial charge in [-0.1, -0.05) is 29.3 Å². The standard InChI is InChI=1S/C22H19ClN2O2/c1-16-2-8-20(9-3-16)25-22(26)15-27-21-12-4-17(5-13-21)14-24-19-10-6-18(23)7-11-19/h2-14H,15H2,1H3,(H,25,26). The van der Waals surface area contributed by atoms with Crippen molar-refractivity contribution in [3.63, 3.8) is 0 Å². The number of ether oxygens (including phenoxy) is 1. The van der Waals surface area contributed by atoms with Gasteiger partial charge in [0.15, 0.2) is 6.61 Å². The maximum Gasteiger partial charge on any atom is 0.262 e. The number of aliphatic imine (C=N–C) groups is 1. The quantitative estimate of drug-likeness (QED) is 0.582. The van der Waals surface area contributed by atoms with Gasteiger partial charge in [-0.15, -0.1) is 0 Å². The van der Waals surface area contributed by atoms with Crippen LogP contribution in [0.4, 0.5) is 11.4 Å². The predicted molar refractivity (Wildman–Crippen MR) is 110 cm³/mol. The molecule has 3 rings (SSSR count). The Morgan fingerprint density at radius 2 is 1.67 bits per heavy atom. The van der Waals surface area contributed by atoms with E-state index in [2.05, 4.69) is 10.3 Å². The van der Waals surface area contributed by atoms with Crippen molar-refractivity contribution < 1.29 is 9.53 Å². The Morgan fingerprint density at radius 3 is 2.33 bits per heavy atom. The van der Waals surface area contributed by atoms with Gasteiger partial charge in [-0.3, -0.25) is 9.79 Å². The van der Waals surface area contributed by atoms with Gasteiger partial charge in [-0.2, -0.15) is 0 Å². The van der Waals surface area contributed by atoms with Crippen LogP contribution in [0.3, 0.4) is 0 Å². The van der Waals surface area contributed by atoms with Gasteiger partial charge in [0, 0.05) is 16.9 Å². The van der Waals surface area contributed by atoms with Crippen molar-refractivity contribution in [1.29, 1.82) is 0 Å². The lowest BCUT2D eigenvalue weighted by atomic mass is 10.2. The number of rotatable bonds is 6. The van der Waals surface area contributed by atoms with E-state index in [0.29, 0.717) is 10.8 Å². The SMILES string of the molecule is Cc1ccc(NC(=O)COc2ccc(C=Nc3ccc(Cl)cc3)cc2)cc1. The summed E-state index contributed by atoms with van der Waals surface area (Å²) in [5.74, 6) is 0.421. The zero-order chi connectivity index (χ0) is 19.1. The van der Waals surface area contributed by atoms with Gasteiger partial charge in [-0.25, -0.2) is 0 Å². The van der Waals surface area contributed by atoms with E-state index in [-0.39, 0.29) is 12.5 Å². The molecule has 0 bridgehead atoms. The van der Waals surface area contributed by atoms with Crippen LogP contribution in [-0.2, 0) is 4.79 Å². The summed E-state index contributed by atoms with van der Waals surface area (Å²) in [5.41, 5.74) is 3.65. The van der Waals surface area contributed by atoms with Crippen molar-refractivity contribution in [2.24, 2.45) is 4.99 Å². The van der Waals surface area contributed by atoms with Gasteiger partial charge in [0.05, 0.1) is 5.69 Å². The molecule has 0 aliphatic heterocycles. The summed E-state index contributed by atoms with van der Waals surface area (Å²) in [6.45, 7) is 1.95. The van der Waals surface area contributed by atoms with Gasteiger partial charge >= 0.3 is 0 Å². The predicted octanol–water partition coefficient (Wildman–Crippen LogP) is 5.42. The van der Waals surface area contributed by atoms with Crippen LogP contribution in [0.5, 0.6) is 5.75 Å². The Hall–Kier alpha value is -3.11. The van der Waals surface area contributed by atoms with Crippen molar-refractivity contribution in [2.75, 3.05) is 11.9 Å². The van der Waals surface area contributed by atoms with Gasteiger partial charge in [0.2, 0.25) is 0 Å². The minimum Gasteiger partial charge on any atom is -0.484 e. The molecule has 0 fully saturated rings. The molecule has 0 aliphatic rings. The lowest BCUT2D eigenvalue weighted by Crippen LogP contribution is -2.20. The van der Waals surface area contributed by atoms with Crippen molar-refractivity contribution in [2.45, 2.75) is 6.92 Å². The summed E-state index contributed by atoms with van der Waals surface area (Å²) in [5, 5.41) is 3.48. The van der Waals surface area contributed by atoms with Crippen LogP contribution in [-0.4, -0.2) is 18.7 Å². The lowest BCUT2D eigenvalue weighted by molar-refractivity contribution is -0.118. The first kappa shape index (κ1) is 18.7. The third-order valence-corrected chi connectivity index (χ3v) is 4.03. The Morgan fingerprint density at radius 1 is 1.00 bits per heavy atom. The van der Waals surface area contributed by atoms with Crippen molar-refractivity contribution in [1.82, 2.24) is 0 Å². The summed E-state index contributed by atoms with van der Waals surface area (Å²) in [7, 11) is 0. The second-order valence-corrected chi connectivity index (χ2v) is 6.44. The molecule has 0 aliphatic carbocycles. The van der Waals surface area contributed by atoms with E-state index >= 15 is 0 Å². The van der Waals surface area contributed by atoms with Gasteiger partial charge in [-0.05, 0) is 73.2 Å². The minimum absolute atomic E-state index is 0.0495. The van der Waals surface area contributed by atoms with E-state index in [0.717, 1.165) is 22.5 Å². The van der Waals surface area contributed by atoms with Crippen LogP contribution in [0, 0.1) is 6.92 Å². The number of nitrogens with one attached hydrogen (secondary N) is 1. The highest BCUT2D eigenvalue weighted by Crippen LogP contribution is 2.17. The van der Waals surface area contributed by atoms with Gasteiger partial charge in [0.25, 0.3) is 5.91 Å². The summed E-state index contributed by atoms with van der Waals surface area (Å²) < 4.78 is 5.52. The second-order valence-electron chi connectivity index (χ2n) is 6.01. The van der Waals surface area contributed by atoms with E-state index in [4.69, 9.17) is 16.3 Å². The maximum absolute atomic E-state index is 12.0. The summed E-state index contributed by atoms with van der Waals surface area (Å²) in [4.78, 5) is 16.3. The lowest BCUT2D eigenvalue weighted by Gasteiger charge is -2.08. The Labute approximate surface area is 163 Å². The Balaban J connectivity index is 1.50. The molecule has 27 heavy (non-hydrogen) atoms. The van der Waals surface area contributed by atoms with Crippen LogP contribution >= 0.6 is 11.6 Å². The molecule has 0 saturated heterocycles. The monoisotopic (exact) mass is 378 g/mol. The zero-order valence-corrected chi connectivity index (χ0v) is 15.6. The number of carbonyl (C=O) groups is 1. The number of benzene rings is 3. The first-order valence-corrected chi connectivity index (χ1v) is 8.85. The number of halogens is 1. The fourth-order valence-corrected chi connectivity index (χ4v) is 2.44. The fourth-order valence-electron chi connectivity index (χ4n) is 2.31. The highest BCUT2D eigenvalue weighted by atomic mass is 35.5. The third-order valence-electron chi connectivity index (χ3n) is 3.77. The number of hydrogen-bond donors (Lipinski definition) is 1. The number of nitrogens with zero attached hydrogens (tertiary/aromatic N) is 1. The molecule has 3 aromatic carbocycles. The average molecular weight is 379 g/mol. The van der Waals surface area contributed by atoms with Gasteiger partial charge < -0.3 is 10.1 Å². The Kier molecular flexibility index (Phi) is 6.23. The second kappa shape index (κ2) is 9.01. The first-order chi connectivity index (χ1) is 13.1. The first-order valence-electron chi connectivity index (χ1n) is 8.47. The largest absolute Gasteiger partial charge is 0.484 e. The highest BCUT2D eigenvalue weighted by molar-refractivity contribution is 6.30. The summed E-state index contributed by atoms with van der Waals surface area (Å²) in [6.07, 6.45) is 1.76. The molecule has 3 aromatic rings. The smallest absolute Gasteiger partial charge is 0.262 e. The van der Waals surface area contributed by atoms with Crippen molar-refractivity contribution in [3.8, 4) is 5.75 Å². The van der Waals surface area contributed by atoms with E-state index in [9.17, 15) is 4.79 Å². The van der Waals surface area contributed by atoms with Crippen LogP contribution in [0.2, 0.25) is 5.02 Å². The zero-order valence-electron chi connectivity index (χ0n) is 14.9. The number of carbonyl (C=O) groups excluding carboxylic acids is 1. The molecule has 5 heteroatoms. The van der Waals surface area contributed by atoms with Crippen LogP contribution in [0.1, 0.15) is 11.1 Å². The van der Waals surface area contributed by atoms with E-state index in [1.54, 1.807) is 18.3 Å². The fraction of sp³-hybridized carbons (Fsp3) is 0.0909. The molecule has 136 valence electrons. The number of aryl methyl sites for hydroxylation is 1. The van der Waals surface area contributed by atoms with Gasteiger partial charge in [0.1, 0.15) is 5.75 Å². The molecule has 0 spiro atoms. The topological polar surface area (TPSA) is 50.7 Å². The molecule has 0 heterocycles. The number of hydrogen-bond acceptors (Lipinski definition) is 3. The molecule has 0 aromatic heterocycles. The van der Waals surface area contributed by atoms with Crippen molar-refractivity contribution in [3.05, 3.63) is 88.9 Å². The molecule has 0 atom stereocenters. The third kappa shape index (κ3) is 5.97. The maximum atomic E-state index is 12.0. The van der Waals surface area contributed by atoms with E-state index in [1.807, 2.05) is 67.6 Å². The highest BCUT2D eigenvalue weighted by Gasteiger charge is 2.03. The number of anilines is 1. The van der Waals surface area contributed by atoms with E-state index in [1.165, 1.54) is 0 Å². The molecule has 0 unspecified atom stereocenters. The average Bonchev–Trinajstić information content (AvgIpc) is 2.68. The van der Waals surface area contributed by atoms with E-state index < -0.39 is 0 Å². The molecule has 0 radical (unpaired) electrons. The Bertz CT molecular complexity index is 918. The molecule has 4 nitrogen and oxygen atoms in total. The molecule has 1 amide bonds. The summed E-state index contributed by atoms with van der Waals surface area (Å²) in [6, 6.07) is 22.3. The minimum atomic E-state index is -0.202. The normalized spacial score (nSPS) is 10.7. The van der Waals surface area contributed by atoms with Crippen LogP contribution in [0.25, 0.3) is 0 Å². The molecular weight excluding hydrogens is 360 g/mol. The van der Waals surface area contributed by atoms with Crippen LogP contribution < -0.4 is 10.1 Å². The van der Waals surface area contributed by atoms with Crippen molar-refractivity contribution >= 4 is 35.1 Å². The van der Waals surface area contributed by atoms with Crippen LogP contribution in [0.15, 0.2) is 77.8 Å². The summed E-state index contributed by atoms with van der Waals surface area (Å²) >= 11 is 5.86. The molecule has 0 saturated carbocycles. The molecular formula is C22H19ClN2O2. The number of amides is 1. The molecule has 1 N–H and O–H groups in total.